The van der Waals surface area contributed by atoms with Crippen LogP contribution in [0.1, 0.15) is 11.1 Å². The molecule has 2 N–H and O–H groups in total. The summed E-state index contributed by atoms with van der Waals surface area (Å²) in [6, 6.07) is 18.3. The van der Waals surface area contributed by atoms with E-state index in [2.05, 4.69) is 10.0 Å². The molecule has 0 aromatic heterocycles. The monoisotopic (exact) mass is 473 g/mol. The molecule has 1 amide bonds. The Bertz CT molecular complexity index is 1280. The van der Waals surface area contributed by atoms with E-state index in [-0.39, 0.29) is 0 Å². The number of amides is 1. The van der Waals surface area contributed by atoms with Gasteiger partial charge in [0.1, 0.15) is 5.75 Å². The van der Waals surface area contributed by atoms with Crippen molar-refractivity contribution in [2.75, 3.05) is 15.8 Å². The minimum atomic E-state index is -4.00. The maximum absolute atomic E-state index is 12.6. The zero-order valence-electron chi connectivity index (χ0n) is 16.3. The fourth-order valence-corrected chi connectivity index (χ4v) is 4.15. The van der Waals surface area contributed by atoms with Crippen LogP contribution < -0.4 is 10.0 Å². The summed E-state index contributed by atoms with van der Waals surface area (Å²) in [5.74, 6) is -1.48. The van der Waals surface area contributed by atoms with E-state index in [0.29, 0.717) is 38.1 Å². The highest BCUT2D eigenvalue weighted by atomic mass is 35.5. The van der Waals surface area contributed by atoms with Crippen LogP contribution in [0.15, 0.2) is 60.7 Å². The van der Waals surface area contributed by atoms with Crippen molar-refractivity contribution >= 4 is 50.5 Å². The van der Waals surface area contributed by atoms with Crippen LogP contribution in [0.3, 0.4) is 0 Å². The quantitative estimate of drug-likeness (QED) is 0.512. The number of carbonyl (C=O) groups excluding carboxylic acids is 1. The highest BCUT2D eigenvalue weighted by molar-refractivity contribution is 7.93. The average Bonchev–Trinajstić information content (AvgIpc) is 2.71. The Morgan fingerprint density at radius 1 is 1.00 bits per heavy atom. The van der Waals surface area contributed by atoms with Gasteiger partial charge in [-0.25, -0.2) is 8.42 Å². The van der Waals surface area contributed by atoms with Gasteiger partial charge in [-0.15, -0.1) is 0 Å². The topological polar surface area (TPSA) is 99.1 Å². The molecule has 6 nitrogen and oxygen atoms in total. The zero-order chi connectivity index (χ0) is 22.6. The summed E-state index contributed by atoms with van der Waals surface area (Å²) >= 11 is 12.1. The SMILES string of the molecule is Cc1ccc(NS(=O)(=O)CC(=O)Nc2ccc(C#N)cc2)c(-c2ccc(Cl)c(Cl)c2)c1. The molecule has 0 unspecified atom stereocenters. The van der Waals surface area contributed by atoms with E-state index in [1.54, 1.807) is 30.3 Å². The third-order valence-corrected chi connectivity index (χ3v) is 6.20. The molecule has 3 rings (SSSR count). The van der Waals surface area contributed by atoms with Crippen molar-refractivity contribution in [3.63, 3.8) is 0 Å². The molecule has 0 fully saturated rings. The fourth-order valence-electron chi connectivity index (χ4n) is 2.85. The largest absolute Gasteiger partial charge is 0.325 e. The Kier molecular flexibility index (Phi) is 6.86. The van der Waals surface area contributed by atoms with Gasteiger partial charge in [-0.2, -0.15) is 5.26 Å². The number of benzene rings is 3. The molecule has 0 spiro atoms. The molecular formula is C22H17Cl2N3O3S. The summed E-state index contributed by atoms with van der Waals surface area (Å²) < 4.78 is 27.7. The van der Waals surface area contributed by atoms with E-state index in [1.807, 2.05) is 19.1 Å². The smallest absolute Gasteiger partial charge is 0.241 e. The Morgan fingerprint density at radius 3 is 2.35 bits per heavy atom. The Labute approximate surface area is 190 Å². The number of hydrogen-bond acceptors (Lipinski definition) is 4. The maximum Gasteiger partial charge on any atom is 0.241 e. The number of aryl methyl sites for hydroxylation is 1. The van der Waals surface area contributed by atoms with Crippen molar-refractivity contribution in [3.05, 3.63) is 81.8 Å². The number of anilines is 2. The number of sulfonamides is 1. The van der Waals surface area contributed by atoms with Gasteiger partial charge < -0.3 is 5.32 Å². The number of carbonyl (C=O) groups is 1. The van der Waals surface area contributed by atoms with Gasteiger partial charge in [0.2, 0.25) is 15.9 Å². The van der Waals surface area contributed by atoms with Crippen LogP contribution in [0.5, 0.6) is 0 Å². The lowest BCUT2D eigenvalue weighted by Gasteiger charge is -2.14. The highest BCUT2D eigenvalue weighted by Gasteiger charge is 2.19. The van der Waals surface area contributed by atoms with E-state index in [1.165, 1.54) is 24.3 Å². The standard InChI is InChI=1S/C22H17Cl2N3O3S/c1-14-2-9-21(18(10-14)16-5-8-19(23)20(24)11-16)27-31(29,30)13-22(28)26-17-6-3-15(12-25)4-7-17/h2-11,27H,13H2,1H3,(H,26,28). The van der Waals surface area contributed by atoms with Gasteiger partial charge in [-0.05, 0) is 61.0 Å². The van der Waals surface area contributed by atoms with Crippen molar-refractivity contribution in [3.8, 4) is 17.2 Å². The van der Waals surface area contributed by atoms with Crippen LogP contribution in [0, 0.1) is 18.3 Å². The van der Waals surface area contributed by atoms with Crippen LogP contribution in [0.2, 0.25) is 10.0 Å². The lowest BCUT2D eigenvalue weighted by Crippen LogP contribution is -2.27. The molecule has 31 heavy (non-hydrogen) atoms. The van der Waals surface area contributed by atoms with E-state index in [9.17, 15) is 13.2 Å². The highest BCUT2D eigenvalue weighted by Crippen LogP contribution is 2.34. The fraction of sp³-hybridized carbons (Fsp3) is 0.0909. The Balaban J connectivity index is 1.79. The first-order valence-corrected chi connectivity index (χ1v) is 11.4. The maximum atomic E-state index is 12.6. The van der Waals surface area contributed by atoms with Gasteiger partial charge in [0.05, 0.1) is 27.4 Å². The summed E-state index contributed by atoms with van der Waals surface area (Å²) in [7, 11) is -4.00. The van der Waals surface area contributed by atoms with Crippen molar-refractivity contribution in [1.82, 2.24) is 0 Å². The Morgan fingerprint density at radius 2 is 1.71 bits per heavy atom. The van der Waals surface area contributed by atoms with Crippen LogP contribution >= 0.6 is 23.2 Å². The van der Waals surface area contributed by atoms with Crippen molar-refractivity contribution < 1.29 is 13.2 Å². The molecule has 0 aliphatic carbocycles. The average molecular weight is 474 g/mol. The molecule has 0 saturated carbocycles. The Hall–Kier alpha value is -3.05. The van der Waals surface area contributed by atoms with E-state index < -0.39 is 21.7 Å². The van der Waals surface area contributed by atoms with Gasteiger partial charge in [-0.3, -0.25) is 9.52 Å². The van der Waals surface area contributed by atoms with Gasteiger partial charge in [0.15, 0.2) is 0 Å². The number of nitriles is 1. The van der Waals surface area contributed by atoms with Gasteiger partial charge in [-0.1, -0.05) is 40.9 Å². The second-order valence-electron chi connectivity index (χ2n) is 6.78. The molecule has 0 bridgehead atoms. The van der Waals surface area contributed by atoms with E-state index in [4.69, 9.17) is 28.5 Å². The summed E-state index contributed by atoms with van der Waals surface area (Å²) in [6.07, 6.45) is 0. The molecule has 0 radical (unpaired) electrons. The molecular weight excluding hydrogens is 457 g/mol. The lowest BCUT2D eigenvalue weighted by atomic mass is 10.0. The molecule has 0 atom stereocenters. The minimum Gasteiger partial charge on any atom is -0.325 e. The number of nitrogens with one attached hydrogen (secondary N) is 2. The van der Waals surface area contributed by atoms with E-state index >= 15 is 0 Å². The van der Waals surface area contributed by atoms with Crippen LogP contribution in [-0.2, 0) is 14.8 Å². The molecule has 9 heteroatoms. The molecule has 0 aliphatic heterocycles. The second kappa shape index (κ2) is 9.40. The number of hydrogen-bond donors (Lipinski definition) is 2. The first-order chi connectivity index (χ1) is 14.7. The molecule has 0 saturated heterocycles. The number of rotatable bonds is 6. The predicted molar refractivity (Wildman–Crippen MR) is 124 cm³/mol. The first-order valence-electron chi connectivity index (χ1n) is 9.03. The molecule has 0 heterocycles. The zero-order valence-corrected chi connectivity index (χ0v) is 18.6. The second-order valence-corrected chi connectivity index (χ2v) is 9.31. The third kappa shape index (κ3) is 5.98. The van der Waals surface area contributed by atoms with Crippen LogP contribution in [0.25, 0.3) is 11.1 Å². The minimum absolute atomic E-state index is 0.315. The van der Waals surface area contributed by atoms with Crippen molar-refractivity contribution in [1.29, 1.82) is 5.26 Å². The third-order valence-electron chi connectivity index (χ3n) is 4.29. The lowest BCUT2D eigenvalue weighted by molar-refractivity contribution is -0.113. The van der Waals surface area contributed by atoms with Crippen LogP contribution in [0.4, 0.5) is 11.4 Å². The van der Waals surface area contributed by atoms with Gasteiger partial charge >= 0.3 is 0 Å². The predicted octanol–water partition coefficient (Wildman–Crippen LogP) is 5.22. The number of halogens is 2. The summed E-state index contributed by atoms with van der Waals surface area (Å²) in [5.41, 5.74) is 3.35. The molecule has 3 aromatic rings. The number of nitrogens with zero attached hydrogens (tertiary/aromatic N) is 1. The molecule has 158 valence electrons. The van der Waals surface area contributed by atoms with E-state index in [0.717, 1.165) is 5.56 Å². The van der Waals surface area contributed by atoms with Crippen molar-refractivity contribution in [2.24, 2.45) is 0 Å². The van der Waals surface area contributed by atoms with Gasteiger partial charge in [0, 0.05) is 11.3 Å². The normalized spacial score (nSPS) is 10.9. The summed E-state index contributed by atoms with van der Waals surface area (Å²) in [5, 5.41) is 12.1. The van der Waals surface area contributed by atoms with Crippen LogP contribution in [-0.4, -0.2) is 20.1 Å². The van der Waals surface area contributed by atoms with Gasteiger partial charge in [0.25, 0.3) is 0 Å². The molecule has 3 aromatic carbocycles. The summed E-state index contributed by atoms with van der Waals surface area (Å²) in [6.45, 7) is 1.88. The first kappa shape index (κ1) is 22.6. The molecule has 0 aliphatic rings. The van der Waals surface area contributed by atoms with Crippen molar-refractivity contribution in [2.45, 2.75) is 6.92 Å². The summed E-state index contributed by atoms with van der Waals surface area (Å²) in [4.78, 5) is 12.2.